The number of hydrogen-bond acceptors (Lipinski definition) is 5. The van der Waals surface area contributed by atoms with E-state index >= 15 is 0 Å². The topological polar surface area (TPSA) is 111 Å². The number of thioether (sulfide) groups is 1. The summed E-state index contributed by atoms with van der Waals surface area (Å²) in [5.74, 6) is -0.957. The smallest absolute Gasteiger partial charge is 0.339 e. The molecule has 0 unspecified atom stereocenters. The van der Waals surface area contributed by atoms with Crippen molar-refractivity contribution in [1.29, 1.82) is 0 Å². The van der Waals surface area contributed by atoms with Gasteiger partial charge in [-0.25, -0.2) is 19.4 Å². The summed E-state index contributed by atoms with van der Waals surface area (Å²) in [7, 11) is 0. The fraction of sp³-hybridized carbons (Fsp3) is 0.290. The van der Waals surface area contributed by atoms with E-state index in [1.807, 2.05) is 30.3 Å². The molecular formula is C31H33FN4O4S. The average molecular weight is 577 g/mol. The number of aryl methyl sites for hydroxylation is 1. The van der Waals surface area contributed by atoms with Crippen LogP contribution in [0.15, 0.2) is 76.7 Å². The van der Waals surface area contributed by atoms with Crippen molar-refractivity contribution in [3.8, 4) is 0 Å². The van der Waals surface area contributed by atoms with Gasteiger partial charge < -0.3 is 15.3 Å². The maximum atomic E-state index is 13.5. The molecule has 3 amide bonds. The molecule has 1 heterocycles. The zero-order chi connectivity index (χ0) is 29.2. The standard InChI is InChI=1S/C31H33FN4O4S/c1-2-3-4-5-6-17-36-27-15-14-25(41-18-16-21-10-12-22(13-11-21)30(38)39)20-26(27)28(29(36)37)34-35-31(40)33-24-9-7-8-23(32)19-24/h7-15,19-20H,2-6,16-18H2,1H3,(H,38,39)(H2,33,35,40). The Morgan fingerprint density at radius 1 is 1.00 bits per heavy atom. The quantitative estimate of drug-likeness (QED) is 0.119. The van der Waals surface area contributed by atoms with Crippen molar-refractivity contribution < 1.29 is 23.9 Å². The van der Waals surface area contributed by atoms with Gasteiger partial charge >= 0.3 is 12.0 Å². The van der Waals surface area contributed by atoms with E-state index in [4.69, 9.17) is 5.11 Å². The third-order valence-electron chi connectivity index (χ3n) is 6.66. The zero-order valence-electron chi connectivity index (χ0n) is 22.9. The molecule has 0 aliphatic carbocycles. The fourth-order valence-electron chi connectivity index (χ4n) is 4.52. The normalized spacial score (nSPS) is 13.4. The van der Waals surface area contributed by atoms with Gasteiger partial charge in [-0.1, -0.05) is 50.8 Å². The summed E-state index contributed by atoms with van der Waals surface area (Å²) in [5.41, 5.74) is 5.49. The van der Waals surface area contributed by atoms with E-state index in [0.29, 0.717) is 12.1 Å². The second-order valence-electron chi connectivity index (χ2n) is 9.69. The highest BCUT2D eigenvalue weighted by Crippen LogP contribution is 2.34. The summed E-state index contributed by atoms with van der Waals surface area (Å²) < 4.78 is 13.5. The predicted molar refractivity (Wildman–Crippen MR) is 160 cm³/mol. The number of carbonyl (C=O) groups excluding carboxylic acids is 2. The zero-order valence-corrected chi connectivity index (χ0v) is 23.7. The molecule has 1 aliphatic rings. The molecule has 0 spiro atoms. The first kappa shape index (κ1) is 29.8. The Morgan fingerprint density at radius 3 is 2.51 bits per heavy atom. The van der Waals surface area contributed by atoms with Crippen LogP contribution in [-0.2, 0) is 11.2 Å². The Labute approximate surface area is 243 Å². The number of nitrogens with one attached hydrogen (secondary N) is 2. The fourth-order valence-corrected chi connectivity index (χ4v) is 5.46. The van der Waals surface area contributed by atoms with Crippen LogP contribution in [0.25, 0.3) is 0 Å². The second kappa shape index (κ2) is 14.5. The number of carboxylic acids is 1. The molecule has 214 valence electrons. The lowest BCUT2D eigenvalue weighted by Gasteiger charge is -2.17. The van der Waals surface area contributed by atoms with Gasteiger partial charge in [0.2, 0.25) is 0 Å². The molecule has 0 radical (unpaired) electrons. The van der Waals surface area contributed by atoms with Gasteiger partial charge in [-0.15, -0.1) is 11.8 Å². The van der Waals surface area contributed by atoms with Crippen molar-refractivity contribution in [2.45, 2.75) is 50.3 Å². The number of hydrazone groups is 1. The Bertz CT molecular complexity index is 1430. The third kappa shape index (κ3) is 8.17. The molecule has 1 aliphatic heterocycles. The summed E-state index contributed by atoms with van der Waals surface area (Å²) in [6.07, 6.45) is 6.04. The Hall–Kier alpha value is -4.18. The molecule has 3 aromatic rings. The lowest BCUT2D eigenvalue weighted by molar-refractivity contribution is -0.112. The van der Waals surface area contributed by atoms with Gasteiger partial charge in [0.25, 0.3) is 5.91 Å². The number of amides is 3. The number of carbonyl (C=O) groups is 3. The summed E-state index contributed by atoms with van der Waals surface area (Å²) in [5, 5.41) is 15.8. The van der Waals surface area contributed by atoms with E-state index < -0.39 is 17.8 Å². The molecule has 41 heavy (non-hydrogen) atoms. The number of aromatic carboxylic acids is 1. The first-order chi connectivity index (χ1) is 19.9. The summed E-state index contributed by atoms with van der Waals surface area (Å²) >= 11 is 1.61. The van der Waals surface area contributed by atoms with Crippen LogP contribution in [-0.4, -0.2) is 41.0 Å². The molecule has 3 N–H and O–H groups in total. The number of fused-ring (bicyclic) bond motifs is 1. The van der Waals surface area contributed by atoms with Crippen molar-refractivity contribution in [1.82, 2.24) is 5.43 Å². The number of urea groups is 1. The number of hydrogen-bond donors (Lipinski definition) is 3. The van der Waals surface area contributed by atoms with Crippen LogP contribution in [0.3, 0.4) is 0 Å². The molecule has 0 fully saturated rings. The van der Waals surface area contributed by atoms with Crippen molar-refractivity contribution in [2.24, 2.45) is 5.10 Å². The summed E-state index contributed by atoms with van der Waals surface area (Å²) in [6.45, 7) is 2.72. The molecule has 0 bridgehead atoms. The Morgan fingerprint density at radius 2 is 1.78 bits per heavy atom. The monoisotopic (exact) mass is 576 g/mol. The number of nitrogens with zero attached hydrogens (tertiary/aromatic N) is 2. The first-order valence-corrected chi connectivity index (χ1v) is 14.7. The van der Waals surface area contributed by atoms with Gasteiger partial charge in [-0.2, -0.15) is 5.10 Å². The van der Waals surface area contributed by atoms with Crippen LogP contribution >= 0.6 is 11.8 Å². The first-order valence-electron chi connectivity index (χ1n) is 13.7. The number of anilines is 2. The van der Waals surface area contributed by atoms with E-state index in [1.165, 1.54) is 18.2 Å². The minimum atomic E-state index is -0.952. The van der Waals surface area contributed by atoms with Crippen LogP contribution in [0.4, 0.5) is 20.6 Å². The average Bonchev–Trinajstić information content (AvgIpc) is 3.21. The molecular weight excluding hydrogens is 543 g/mol. The molecule has 0 atom stereocenters. The summed E-state index contributed by atoms with van der Waals surface area (Å²) in [4.78, 5) is 39.6. The Kier molecular flexibility index (Phi) is 10.5. The van der Waals surface area contributed by atoms with Crippen LogP contribution in [0, 0.1) is 5.82 Å². The molecule has 10 heteroatoms. The van der Waals surface area contributed by atoms with Crippen LogP contribution in [0.1, 0.15) is 60.5 Å². The molecule has 4 rings (SSSR count). The van der Waals surface area contributed by atoms with E-state index in [0.717, 1.165) is 60.4 Å². The van der Waals surface area contributed by atoms with Gasteiger partial charge in [-0.05, 0) is 66.9 Å². The number of unbranched alkanes of at least 4 members (excludes halogenated alkanes) is 4. The van der Waals surface area contributed by atoms with Crippen molar-refractivity contribution >= 4 is 46.8 Å². The van der Waals surface area contributed by atoms with Crippen LogP contribution < -0.4 is 15.6 Å². The molecule has 0 saturated carbocycles. The third-order valence-corrected chi connectivity index (χ3v) is 7.65. The minimum absolute atomic E-state index is 0.148. The van der Waals surface area contributed by atoms with Crippen molar-refractivity contribution in [2.75, 3.05) is 22.5 Å². The molecule has 0 aromatic heterocycles. The van der Waals surface area contributed by atoms with E-state index in [2.05, 4.69) is 22.8 Å². The van der Waals surface area contributed by atoms with Gasteiger partial charge in [0.1, 0.15) is 5.82 Å². The predicted octanol–water partition coefficient (Wildman–Crippen LogP) is 6.70. The lowest BCUT2D eigenvalue weighted by Crippen LogP contribution is -2.33. The number of carboxylic acid groups (broad SMARTS) is 1. The SMILES string of the molecule is CCCCCCCN1C(=O)C(=NNC(=O)Nc2cccc(F)c2)c2cc(SCCc3ccc(C(=O)O)cc3)ccc21. The number of rotatable bonds is 13. The second-order valence-corrected chi connectivity index (χ2v) is 10.9. The largest absolute Gasteiger partial charge is 0.478 e. The molecule has 0 saturated heterocycles. The highest BCUT2D eigenvalue weighted by atomic mass is 32.2. The van der Waals surface area contributed by atoms with E-state index in [-0.39, 0.29) is 22.9 Å². The maximum Gasteiger partial charge on any atom is 0.339 e. The molecule has 3 aromatic carbocycles. The number of halogens is 1. The van der Waals surface area contributed by atoms with Crippen molar-refractivity contribution in [3.63, 3.8) is 0 Å². The highest BCUT2D eigenvalue weighted by Gasteiger charge is 2.34. The lowest BCUT2D eigenvalue weighted by atomic mass is 10.1. The minimum Gasteiger partial charge on any atom is -0.478 e. The van der Waals surface area contributed by atoms with E-state index in [9.17, 15) is 18.8 Å². The van der Waals surface area contributed by atoms with E-state index in [1.54, 1.807) is 34.9 Å². The van der Waals surface area contributed by atoms with Gasteiger partial charge in [0.05, 0.1) is 11.3 Å². The Balaban J connectivity index is 1.46. The van der Waals surface area contributed by atoms with Crippen molar-refractivity contribution in [3.05, 3.63) is 89.2 Å². The van der Waals surface area contributed by atoms with Gasteiger partial charge in [-0.3, -0.25) is 4.79 Å². The van der Waals surface area contributed by atoms with Crippen LogP contribution in [0.5, 0.6) is 0 Å². The number of benzene rings is 3. The highest BCUT2D eigenvalue weighted by molar-refractivity contribution is 7.99. The van der Waals surface area contributed by atoms with Gasteiger partial charge in [0.15, 0.2) is 5.71 Å². The van der Waals surface area contributed by atoms with Crippen LogP contribution in [0.2, 0.25) is 0 Å². The van der Waals surface area contributed by atoms with Gasteiger partial charge in [0, 0.05) is 28.4 Å². The maximum absolute atomic E-state index is 13.5. The molecule has 8 nitrogen and oxygen atoms in total. The summed E-state index contributed by atoms with van der Waals surface area (Å²) in [6, 6.07) is 17.4.